The van der Waals surface area contributed by atoms with E-state index in [1.54, 1.807) is 4.90 Å². The summed E-state index contributed by atoms with van der Waals surface area (Å²) in [5.41, 5.74) is 5.91. The van der Waals surface area contributed by atoms with E-state index in [0.717, 1.165) is 25.9 Å². The first-order valence-corrected chi connectivity index (χ1v) is 7.47. The van der Waals surface area contributed by atoms with Crippen molar-refractivity contribution in [3.05, 3.63) is 0 Å². The molecule has 1 aliphatic rings. The maximum Gasteiger partial charge on any atom is 0.239 e. The van der Waals surface area contributed by atoms with Gasteiger partial charge in [-0.1, -0.05) is 0 Å². The lowest BCUT2D eigenvalue weighted by Gasteiger charge is -2.32. The first-order valence-electron chi connectivity index (χ1n) is 7.47. The van der Waals surface area contributed by atoms with Crippen molar-refractivity contribution < 1.29 is 9.59 Å². The van der Waals surface area contributed by atoms with E-state index in [4.69, 9.17) is 5.73 Å². The number of amides is 2. The minimum atomic E-state index is -0.106. The third-order valence-corrected chi connectivity index (χ3v) is 3.42. The summed E-state index contributed by atoms with van der Waals surface area (Å²) in [5, 5.41) is 2.81. The highest BCUT2D eigenvalue weighted by Crippen LogP contribution is 2.08. The number of hydrogen-bond donors (Lipinski definition) is 2. The van der Waals surface area contributed by atoms with Gasteiger partial charge >= 0.3 is 0 Å². The van der Waals surface area contributed by atoms with Gasteiger partial charge in [0.25, 0.3) is 0 Å². The number of nitrogens with two attached hydrogens (primary N) is 1. The van der Waals surface area contributed by atoms with Gasteiger partial charge in [-0.25, -0.2) is 0 Å². The molecule has 0 bridgehead atoms. The van der Waals surface area contributed by atoms with Crippen molar-refractivity contribution in [2.24, 2.45) is 5.73 Å². The van der Waals surface area contributed by atoms with E-state index in [2.05, 4.69) is 10.2 Å². The lowest BCUT2D eigenvalue weighted by molar-refractivity contribution is -0.137. The Balaban J connectivity index is 2.43. The van der Waals surface area contributed by atoms with Crippen LogP contribution in [0.5, 0.6) is 0 Å². The van der Waals surface area contributed by atoms with E-state index >= 15 is 0 Å². The summed E-state index contributed by atoms with van der Waals surface area (Å²) in [6.07, 6.45) is 2.06. The minimum Gasteiger partial charge on any atom is -0.352 e. The molecule has 2 amide bonds. The monoisotopic (exact) mass is 284 g/mol. The number of likely N-dealkylation sites (tertiary alicyclic amines) is 1. The highest BCUT2D eigenvalue weighted by atomic mass is 16.2. The second-order valence-electron chi connectivity index (χ2n) is 5.77. The minimum absolute atomic E-state index is 0.000469. The van der Waals surface area contributed by atoms with Crippen molar-refractivity contribution in [2.45, 2.75) is 45.7 Å². The molecule has 1 rings (SSSR count). The van der Waals surface area contributed by atoms with Crippen molar-refractivity contribution in [3.63, 3.8) is 0 Å². The topological polar surface area (TPSA) is 78.7 Å². The quantitative estimate of drug-likeness (QED) is 0.707. The van der Waals surface area contributed by atoms with Crippen LogP contribution in [0.25, 0.3) is 0 Å². The summed E-state index contributed by atoms with van der Waals surface area (Å²) in [6, 6.07) is 0.257. The van der Waals surface area contributed by atoms with E-state index in [-0.39, 0.29) is 30.4 Å². The number of nitrogens with zero attached hydrogens (tertiary/aromatic N) is 2. The Hall–Kier alpha value is -1.14. The molecule has 1 saturated heterocycles. The standard InChI is InChI=1S/C14H28N4O2/c1-4-18(9-13(19)16-11(2)3)14(20)10-17-7-5-6-12(15)8-17/h11-12H,4-10,15H2,1-3H3,(H,16,19)/t12-/m1/s1. The summed E-state index contributed by atoms with van der Waals surface area (Å²) in [7, 11) is 0. The van der Waals surface area contributed by atoms with Crippen LogP contribution < -0.4 is 11.1 Å². The molecule has 0 saturated carbocycles. The predicted molar refractivity (Wildman–Crippen MR) is 79.2 cm³/mol. The predicted octanol–water partition coefficient (Wildman–Crippen LogP) is -0.217. The van der Waals surface area contributed by atoms with Crippen LogP contribution >= 0.6 is 0 Å². The highest BCUT2D eigenvalue weighted by molar-refractivity contribution is 5.85. The molecule has 1 aliphatic heterocycles. The van der Waals surface area contributed by atoms with Gasteiger partial charge in [0.1, 0.15) is 0 Å². The van der Waals surface area contributed by atoms with Gasteiger partial charge in [-0.2, -0.15) is 0 Å². The molecule has 6 heteroatoms. The zero-order chi connectivity index (χ0) is 15.1. The number of piperidine rings is 1. The van der Waals surface area contributed by atoms with Crippen LogP contribution in [0.2, 0.25) is 0 Å². The van der Waals surface area contributed by atoms with E-state index in [1.165, 1.54) is 0 Å². The van der Waals surface area contributed by atoms with Gasteiger partial charge in [0.2, 0.25) is 11.8 Å². The van der Waals surface area contributed by atoms with Gasteiger partial charge in [-0.15, -0.1) is 0 Å². The number of carbonyl (C=O) groups excluding carboxylic acids is 2. The van der Waals surface area contributed by atoms with Crippen LogP contribution in [-0.2, 0) is 9.59 Å². The fraction of sp³-hybridized carbons (Fsp3) is 0.857. The fourth-order valence-corrected chi connectivity index (χ4v) is 2.44. The molecular weight excluding hydrogens is 256 g/mol. The van der Waals surface area contributed by atoms with Gasteiger partial charge in [-0.05, 0) is 40.2 Å². The van der Waals surface area contributed by atoms with Gasteiger partial charge in [0, 0.05) is 25.2 Å². The number of carbonyl (C=O) groups is 2. The summed E-state index contributed by atoms with van der Waals surface area (Å²) < 4.78 is 0. The SMILES string of the molecule is CCN(CC(=O)NC(C)C)C(=O)CN1CCC[C@@H](N)C1. The van der Waals surface area contributed by atoms with Crippen molar-refractivity contribution >= 4 is 11.8 Å². The molecule has 0 unspecified atom stereocenters. The molecular formula is C14H28N4O2. The smallest absolute Gasteiger partial charge is 0.239 e. The molecule has 3 N–H and O–H groups in total. The molecule has 0 aromatic heterocycles. The zero-order valence-electron chi connectivity index (χ0n) is 12.9. The summed E-state index contributed by atoms with van der Waals surface area (Å²) in [6.45, 7) is 8.42. The summed E-state index contributed by atoms with van der Waals surface area (Å²) >= 11 is 0. The maximum absolute atomic E-state index is 12.2. The Morgan fingerprint density at radius 1 is 1.45 bits per heavy atom. The number of rotatable bonds is 6. The van der Waals surface area contributed by atoms with Crippen LogP contribution in [0.3, 0.4) is 0 Å². The third kappa shape index (κ3) is 5.88. The van der Waals surface area contributed by atoms with E-state index in [9.17, 15) is 9.59 Å². The molecule has 0 aliphatic carbocycles. The van der Waals surface area contributed by atoms with Gasteiger partial charge < -0.3 is 16.0 Å². The van der Waals surface area contributed by atoms with Crippen LogP contribution in [0, 0.1) is 0 Å². The second kappa shape index (κ2) is 8.21. The lowest BCUT2D eigenvalue weighted by atomic mass is 10.1. The van der Waals surface area contributed by atoms with Gasteiger partial charge in [-0.3, -0.25) is 14.5 Å². The zero-order valence-corrected chi connectivity index (χ0v) is 12.9. The second-order valence-corrected chi connectivity index (χ2v) is 5.77. The van der Waals surface area contributed by atoms with E-state index in [0.29, 0.717) is 13.1 Å². The van der Waals surface area contributed by atoms with Crippen molar-refractivity contribution in [3.8, 4) is 0 Å². The molecule has 0 radical (unpaired) electrons. The summed E-state index contributed by atoms with van der Waals surface area (Å²) in [4.78, 5) is 27.6. The number of likely N-dealkylation sites (N-methyl/N-ethyl adjacent to an activating group) is 1. The molecule has 0 aromatic carbocycles. The van der Waals surface area contributed by atoms with E-state index in [1.807, 2.05) is 20.8 Å². The van der Waals surface area contributed by atoms with Crippen LogP contribution in [0.1, 0.15) is 33.6 Å². The molecule has 1 heterocycles. The van der Waals surface area contributed by atoms with Crippen molar-refractivity contribution in [1.29, 1.82) is 0 Å². The first-order chi connectivity index (χ1) is 9.42. The molecule has 0 aromatic rings. The Labute approximate surface area is 121 Å². The molecule has 6 nitrogen and oxygen atoms in total. The Kier molecular flexibility index (Phi) is 6.95. The van der Waals surface area contributed by atoms with Crippen molar-refractivity contribution in [2.75, 3.05) is 32.7 Å². The number of hydrogen-bond acceptors (Lipinski definition) is 4. The number of nitrogens with one attached hydrogen (secondary N) is 1. The van der Waals surface area contributed by atoms with Crippen LogP contribution in [-0.4, -0.2) is 66.4 Å². The average molecular weight is 284 g/mol. The van der Waals surface area contributed by atoms with E-state index < -0.39 is 0 Å². The highest BCUT2D eigenvalue weighted by Gasteiger charge is 2.22. The normalized spacial score (nSPS) is 19.9. The third-order valence-electron chi connectivity index (χ3n) is 3.42. The lowest BCUT2D eigenvalue weighted by Crippen LogP contribution is -2.49. The van der Waals surface area contributed by atoms with Crippen molar-refractivity contribution in [1.82, 2.24) is 15.1 Å². The Morgan fingerprint density at radius 2 is 2.15 bits per heavy atom. The van der Waals surface area contributed by atoms with Gasteiger partial charge in [0.15, 0.2) is 0 Å². The fourth-order valence-electron chi connectivity index (χ4n) is 2.44. The molecule has 1 atom stereocenters. The maximum atomic E-state index is 12.2. The molecule has 1 fully saturated rings. The molecule has 0 spiro atoms. The largest absolute Gasteiger partial charge is 0.352 e. The van der Waals surface area contributed by atoms with Crippen LogP contribution in [0.4, 0.5) is 0 Å². The van der Waals surface area contributed by atoms with Gasteiger partial charge in [0.05, 0.1) is 13.1 Å². The summed E-state index contributed by atoms with van der Waals surface area (Å²) in [5.74, 6) is -0.106. The Morgan fingerprint density at radius 3 is 2.70 bits per heavy atom. The average Bonchev–Trinajstić information content (AvgIpc) is 2.34. The first kappa shape index (κ1) is 16.9. The Bertz CT molecular complexity index is 333. The molecule has 116 valence electrons. The molecule has 20 heavy (non-hydrogen) atoms. The van der Waals surface area contributed by atoms with Crippen LogP contribution in [0.15, 0.2) is 0 Å².